The van der Waals surface area contributed by atoms with Gasteiger partial charge in [0.05, 0.1) is 0 Å². The largest absolute Gasteiger partial charge is 0.389 e. The Labute approximate surface area is 71.1 Å². The second kappa shape index (κ2) is 3.67. The topological polar surface area (TPSA) is 0 Å². The van der Waals surface area contributed by atoms with Gasteiger partial charge in [-0.25, -0.2) is 0 Å². The van der Waals surface area contributed by atoms with E-state index in [9.17, 15) is 13.2 Å². The number of hydrogen-bond donors (Lipinski definition) is 0. The monoisotopic (exact) mass is 180 g/mol. The van der Waals surface area contributed by atoms with Crippen molar-refractivity contribution in [1.29, 1.82) is 0 Å². The van der Waals surface area contributed by atoms with Crippen molar-refractivity contribution < 1.29 is 13.2 Å². The average molecular weight is 180 g/mol. The van der Waals surface area contributed by atoms with Crippen molar-refractivity contribution in [2.75, 3.05) is 0 Å². The third-order valence-corrected chi connectivity index (χ3v) is 2.57. The lowest BCUT2D eigenvalue weighted by atomic mass is 9.81. The normalized spacial score (nSPS) is 32.0. The summed E-state index contributed by atoms with van der Waals surface area (Å²) in [6, 6.07) is 0. The van der Waals surface area contributed by atoms with Crippen LogP contribution in [0.5, 0.6) is 0 Å². The maximum Gasteiger partial charge on any atom is 0.389 e. The molecule has 1 rings (SSSR count). The van der Waals surface area contributed by atoms with Gasteiger partial charge in [0.2, 0.25) is 0 Å². The van der Waals surface area contributed by atoms with Crippen molar-refractivity contribution in [3.8, 4) is 0 Å². The lowest BCUT2D eigenvalue weighted by Gasteiger charge is -2.27. The van der Waals surface area contributed by atoms with Gasteiger partial charge in [-0.2, -0.15) is 13.2 Å². The summed E-state index contributed by atoms with van der Waals surface area (Å²) in [5.74, 6) is 0.389. The Balaban J connectivity index is 2.32. The van der Waals surface area contributed by atoms with Crippen LogP contribution in [0.1, 0.15) is 39.0 Å². The summed E-state index contributed by atoms with van der Waals surface area (Å²) in [5, 5.41) is 0. The van der Waals surface area contributed by atoms with E-state index in [1.807, 2.05) is 6.92 Å². The van der Waals surface area contributed by atoms with Crippen LogP contribution in [0.25, 0.3) is 0 Å². The zero-order valence-corrected chi connectivity index (χ0v) is 7.32. The van der Waals surface area contributed by atoms with Gasteiger partial charge in [0, 0.05) is 6.42 Å². The second-order valence-corrected chi connectivity index (χ2v) is 3.96. The van der Waals surface area contributed by atoms with Crippen molar-refractivity contribution >= 4 is 0 Å². The first kappa shape index (κ1) is 9.87. The van der Waals surface area contributed by atoms with Gasteiger partial charge < -0.3 is 0 Å². The molecule has 1 fully saturated rings. The predicted molar refractivity (Wildman–Crippen MR) is 41.8 cm³/mol. The minimum Gasteiger partial charge on any atom is -0.171 e. The van der Waals surface area contributed by atoms with E-state index in [0.29, 0.717) is 5.92 Å². The van der Waals surface area contributed by atoms with Crippen molar-refractivity contribution in [2.45, 2.75) is 45.2 Å². The Morgan fingerprint density at radius 1 is 1.25 bits per heavy atom. The molecule has 0 amide bonds. The SMILES string of the molecule is CC1CCCC(CC(F)(F)F)C1. The van der Waals surface area contributed by atoms with Gasteiger partial charge in [-0.05, 0) is 18.3 Å². The molecule has 0 heterocycles. The van der Waals surface area contributed by atoms with Crippen LogP contribution in [0.15, 0.2) is 0 Å². The standard InChI is InChI=1S/C9H15F3/c1-7-3-2-4-8(5-7)6-9(10,11)12/h7-8H,2-6H2,1H3. The van der Waals surface area contributed by atoms with Crippen LogP contribution in [0.2, 0.25) is 0 Å². The molecule has 1 aliphatic carbocycles. The number of halogens is 3. The van der Waals surface area contributed by atoms with Crippen molar-refractivity contribution in [3.05, 3.63) is 0 Å². The van der Waals surface area contributed by atoms with E-state index >= 15 is 0 Å². The van der Waals surface area contributed by atoms with E-state index in [2.05, 4.69) is 0 Å². The van der Waals surface area contributed by atoms with Crippen molar-refractivity contribution in [3.63, 3.8) is 0 Å². The van der Waals surface area contributed by atoms with Gasteiger partial charge in [-0.15, -0.1) is 0 Å². The molecule has 0 saturated heterocycles. The van der Waals surface area contributed by atoms with Crippen LogP contribution < -0.4 is 0 Å². The highest BCUT2D eigenvalue weighted by Crippen LogP contribution is 2.36. The molecule has 1 aliphatic rings. The molecule has 0 aromatic carbocycles. The van der Waals surface area contributed by atoms with Gasteiger partial charge in [0.1, 0.15) is 0 Å². The Bertz CT molecular complexity index is 139. The van der Waals surface area contributed by atoms with E-state index in [-0.39, 0.29) is 5.92 Å². The molecule has 12 heavy (non-hydrogen) atoms. The fourth-order valence-corrected chi connectivity index (χ4v) is 2.07. The van der Waals surface area contributed by atoms with Gasteiger partial charge in [-0.3, -0.25) is 0 Å². The van der Waals surface area contributed by atoms with Crippen LogP contribution >= 0.6 is 0 Å². The van der Waals surface area contributed by atoms with Crippen LogP contribution in [0.3, 0.4) is 0 Å². The zero-order valence-electron chi connectivity index (χ0n) is 7.32. The molecule has 0 aromatic rings. The fourth-order valence-electron chi connectivity index (χ4n) is 2.07. The quantitative estimate of drug-likeness (QED) is 0.576. The summed E-state index contributed by atoms with van der Waals surface area (Å²) in [7, 11) is 0. The highest BCUT2D eigenvalue weighted by Gasteiger charge is 2.33. The number of rotatable bonds is 1. The van der Waals surface area contributed by atoms with Gasteiger partial charge in [0.15, 0.2) is 0 Å². The molecule has 72 valence electrons. The van der Waals surface area contributed by atoms with Crippen LogP contribution in [-0.4, -0.2) is 6.18 Å². The van der Waals surface area contributed by atoms with E-state index in [1.165, 1.54) is 0 Å². The molecule has 0 bridgehead atoms. The maximum atomic E-state index is 12.0. The van der Waals surface area contributed by atoms with Crippen LogP contribution in [0.4, 0.5) is 13.2 Å². The fraction of sp³-hybridized carbons (Fsp3) is 1.00. The van der Waals surface area contributed by atoms with Crippen molar-refractivity contribution in [1.82, 2.24) is 0 Å². The lowest BCUT2D eigenvalue weighted by Crippen LogP contribution is -2.20. The van der Waals surface area contributed by atoms with E-state index in [4.69, 9.17) is 0 Å². The minimum atomic E-state index is -3.96. The lowest BCUT2D eigenvalue weighted by molar-refractivity contribution is -0.147. The predicted octanol–water partition coefficient (Wildman–Crippen LogP) is 3.77. The Kier molecular flexibility index (Phi) is 3.02. The summed E-state index contributed by atoms with van der Waals surface area (Å²) in [6.45, 7) is 2.04. The molecule has 0 aromatic heterocycles. The van der Waals surface area contributed by atoms with Crippen LogP contribution in [-0.2, 0) is 0 Å². The highest BCUT2D eigenvalue weighted by molar-refractivity contribution is 4.72. The molecule has 0 nitrogen and oxygen atoms in total. The van der Waals surface area contributed by atoms with E-state index in [1.54, 1.807) is 0 Å². The van der Waals surface area contributed by atoms with E-state index < -0.39 is 12.6 Å². The Morgan fingerprint density at radius 2 is 1.92 bits per heavy atom. The van der Waals surface area contributed by atoms with Gasteiger partial charge >= 0.3 is 6.18 Å². The smallest absolute Gasteiger partial charge is 0.171 e. The minimum absolute atomic E-state index is 0.103. The first-order chi connectivity index (χ1) is 5.47. The van der Waals surface area contributed by atoms with Crippen LogP contribution in [0, 0.1) is 11.8 Å². The third-order valence-electron chi connectivity index (χ3n) is 2.57. The summed E-state index contributed by atoms with van der Waals surface area (Å²) in [5.41, 5.74) is 0. The highest BCUT2D eigenvalue weighted by atomic mass is 19.4. The average Bonchev–Trinajstić information content (AvgIpc) is 1.82. The van der Waals surface area contributed by atoms with Gasteiger partial charge in [0.25, 0.3) is 0 Å². The van der Waals surface area contributed by atoms with Crippen molar-refractivity contribution in [2.24, 2.45) is 11.8 Å². The molecular formula is C9H15F3. The summed E-state index contributed by atoms with van der Waals surface area (Å²) in [6.07, 6.45) is -0.918. The Morgan fingerprint density at radius 3 is 2.42 bits per heavy atom. The summed E-state index contributed by atoms with van der Waals surface area (Å²) >= 11 is 0. The third kappa shape index (κ3) is 3.46. The number of hydrogen-bond acceptors (Lipinski definition) is 0. The molecular weight excluding hydrogens is 165 g/mol. The zero-order chi connectivity index (χ0) is 9.19. The molecule has 0 spiro atoms. The summed E-state index contributed by atoms with van der Waals surface area (Å²) in [4.78, 5) is 0. The van der Waals surface area contributed by atoms with Gasteiger partial charge in [-0.1, -0.05) is 26.2 Å². The molecule has 3 heteroatoms. The molecule has 0 radical (unpaired) electrons. The maximum absolute atomic E-state index is 12.0. The molecule has 1 saturated carbocycles. The molecule has 2 atom stereocenters. The molecule has 0 N–H and O–H groups in total. The van der Waals surface area contributed by atoms with E-state index in [0.717, 1.165) is 25.7 Å². The molecule has 2 unspecified atom stereocenters. The second-order valence-electron chi connectivity index (χ2n) is 3.96. The Hall–Kier alpha value is -0.210. The first-order valence-electron chi connectivity index (χ1n) is 4.54. The molecule has 0 aliphatic heterocycles. The number of alkyl halides is 3. The first-order valence-corrected chi connectivity index (χ1v) is 4.54. The summed E-state index contributed by atoms with van der Waals surface area (Å²) < 4.78 is 35.9.